The van der Waals surface area contributed by atoms with E-state index in [1.807, 2.05) is 24.3 Å². The third-order valence-electron chi connectivity index (χ3n) is 3.68. The second-order valence-corrected chi connectivity index (χ2v) is 5.80. The van der Waals surface area contributed by atoms with Crippen LogP contribution in [-0.4, -0.2) is 41.8 Å². The van der Waals surface area contributed by atoms with Crippen molar-refractivity contribution < 1.29 is 9.26 Å². The fraction of sp³-hybridized carbons (Fsp3) is 0.467. The largest absolute Gasteiger partial charge is 0.384 e. The van der Waals surface area contributed by atoms with Crippen LogP contribution in [0.25, 0.3) is 11.4 Å². The Morgan fingerprint density at radius 3 is 3.19 bits per heavy atom. The molecule has 1 aliphatic rings. The van der Waals surface area contributed by atoms with Gasteiger partial charge in [-0.05, 0) is 31.0 Å². The Kier molecular flexibility index (Phi) is 4.53. The first-order chi connectivity index (χ1) is 10.2. The molecule has 1 aromatic carbocycles. The molecule has 1 atom stereocenters. The summed E-state index contributed by atoms with van der Waals surface area (Å²) in [7, 11) is 1.75. The van der Waals surface area contributed by atoms with Gasteiger partial charge in [0, 0.05) is 24.2 Å². The quantitative estimate of drug-likeness (QED) is 0.850. The average molecular weight is 308 g/mol. The fourth-order valence-electron chi connectivity index (χ4n) is 2.68. The van der Waals surface area contributed by atoms with Crippen molar-refractivity contribution in [1.29, 1.82) is 0 Å². The molecule has 6 heteroatoms. The molecule has 1 saturated heterocycles. The lowest BCUT2D eigenvalue weighted by molar-refractivity contribution is 0.151. The first-order valence-electron chi connectivity index (χ1n) is 7.04. The predicted octanol–water partition coefficient (Wildman–Crippen LogP) is 2.86. The van der Waals surface area contributed by atoms with Crippen molar-refractivity contribution in [1.82, 2.24) is 15.0 Å². The Morgan fingerprint density at radius 2 is 2.38 bits per heavy atom. The van der Waals surface area contributed by atoms with Crippen molar-refractivity contribution >= 4 is 11.6 Å². The number of benzene rings is 1. The molecule has 0 bridgehead atoms. The third kappa shape index (κ3) is 3.61. The molecule has 0 saturated carbocycles. The van der Waals surface area contributed by atoms with E-state index in [1.165, 1.54) is 0 Å². The normalized spacial score (nSPS) is 19.2. The van der Waals surface area contributed by atoms with Crippen LogP contribution >= 0.6 is 11.6 Å². The highest BCUT2D eigenvalue weighted by Crippen LogP contribution is 2.22. The van der Waals surface area contributed by atoms with Crippen LogP contribution in [0.5, 0.6) is 0 Å². The molecular weight excluding hydrogens is 290 g/mol. The first-order valence-corrected chi connectivity index (χ1v) is 7.42. The van der Waals surface area contributed by atoms with Crippen molar-refractivity contribution in [2.75, 3.05) is 26.8 Å². The molecule has 0 aliphatic carbocycles. The molecule has 0 radical (unpaired) electrons. The molecule has 112 valence electrons. The number of hydrogen-bond acceptors (Lipinski definition) is 5. The van der Waals surface area contributed by atoms with Gasteiger partial charge in [0.2, 0.25) is 11.7 Å². The van der Waals surface area contributed by atoms with Gasteiger partial charge < -0.3 is 9.26 Å². The van der Waals surface area contributed by atoms with Gasteiger partial charge in [0.1, 0.15) is 0 Å². The highest BCUT2D eigenvalue weighted by atomic mass is 35.5. The molecule has 1 aromatic heterocycles. The Balaban J connectivity index is 1.63. The molecule has 1 fully saturated rings. The maximum atomic E-state index is 5.98. The molecule has 5 nitrogen and oxygen atoms in total. The van der Waals surface area contributed by atoms with Gasteiger partial charge in [0.15, 0.2) is 0 Å². The van der Waals surface area contributed by atoms with Crippen molar-refractivity contribution in [2.24, 2.45) is 5.92 Å². The van der Waals surface area contributed by atoms with E-state index < -0.39 is 0 Å². The SMILES string of the molecule is COCC1CCN(Cc2nc(-c3cccc(Cl)c3)no2)C1. The summed E-state index contributed by atoms with van der Waals surface area (Å²) in [6, 6.07) is 7.46. The Labute approximate surface area is 128 Å². The number of ether oxygens (including phenoxy) is 1. The summed E-state index contributed by atoms with van der Waals surface area (Å²) in [5.41, 5.74) is 0.871. The lowest BCUT2D eigenvalue weighted by Gasteiger charge is -2.12. The summed E-state index contributed by atoms with van der Waals surface area (Å²) in [5, 5.41) is 4.70. The van der Waals surface area contributed by atoms with Gasteiger partial charge in [-0.25, -0.2) is 0 Å². The van der Waals surface area contributed by atoms with E-state index in [1.54, 1.807) is 7.11 Å². The fourth-order valence-corrected chi connectivity index (χ4v) is 2.87. The van der Waals surface area contributed by atoms with Crippen molar-refractivity contribution in [3.63, 3.8) is 0 Å². The highest BCUT2D eigenvalue weighted by Gasteiger charge is 2.24. The lowest BCUT2D eigenvalue weighted by Crippen LogP contribution is -2.21. The predicted molar refractivity (Wildman–Crippen MR) is 80.0 cm³/mol. The van der Waals surface area contributed by atoms with E-state index >= 15 is 0 Å². The van der Waals surface area contributed by atoms with Crippen molar-refractivity contribution in [3.05, 3.63) is 35.2 Å². The van der Waals surface area contributed by atoms with Crippen LogP contribution in [0.15, 0.2) is 28.8 Å². The maximum absolute atomic E-state index is 5.98. The van der Waals surface area contributed by atoms with Gasteiger partial charge in [-0.3, -0.25) is 4.90 Å². The average Bonchev–Trinajstić information content (AvgIpc) is 3.10. The van der Waals surface area contributed by atoms with Gasteiger partial charge in [0.25, 0.3) is 0 Å². The lowest BCUT2D eigenvalue weighted by atomic mass is 10.1. The van der Waals surface area contributed by atoms with Crippen molar-refractivity contribution in [3.8, 4) is 11.4 Å². The number of aromatic nitrogens is 2. The van der Waals surface area contributed by atoms with Gasteiger partial charge in [0.05, 0.1) is 13.2 Å². The van der Waals surface area contributed by atoms with Crippen LogP contribution in [0, 0.1) is 5.92 Å². The summed E-state index contributed by atoms with van der Waals surface area (Å²) < 4.78 is 10.5. The Morgan fingerprint density at radius 1 is 1.48 bits per heavy atom. The monoisotopic (exact) mass is 307 g/mol. The first kappa shape index (κ1) is 14.5. The van der Waals surface area contributed by atoms with E-state index in [9.17, 15) is 0 Å². The molecular formula is C15H18ClN3O2. The molecule has 21 heavy (non-hydrogen) atoms. The zero-order chi connectivity index (χ0) is 14.7. The molecule has 2 aromatic rings. The zero-order valence-electron chi connectivity index (χ0n) is 12.0. The van der Waals surface area contributed by atoms with Gasteiger partial charge in [-0.15, -0.1) is 0 Å². The van der Waals surface area contributed by atoms with Crippen LogP contribution in [-0.2, 0) is 11.3 Å². The molecule has 1 unspecified atom stereocenters. The third-order valence-corrected chi connectivity index (χ3v) is 3.92. The Bertz CT molecular complexity index is 602. The smallest absolute Gasteiger partial charge is 0.241 e. The molecule has 3 rings (SSSR count). The highest BCUT2D eigenvalue weighted by molar-refractivity contribution is 6.30. The number of methoxy groups -OCH3 is 1. The van der Waals surface area contributed by atoms with Crippen LogP contribution in [0.1, 0.15) is 12.3 Å². The van der Waals surface area contributed by atoms with Crippen LogP contribution < -0.4 is 0 Å². The van der Waals surface area contributed by atoms with E-state index in [-0.39, 0.29) is 0 Å². The van der Waals surface area contributed by atoms with Gasteiger partial charge in [-0.1, -0.05) is 28.9 Å². The molecule has 0 spiro atoms. The minimum Gasteiger partial charge on any atom is -0.384 e. The summed E-state index contributed by atoms with van der Waals surface area (Å²) >= 11 is 5.98. The number of likely N-dealkylation sites (tertiary alicyclic amines) is 1. The summed E-state index contributed by atoms with van der Waals surface area (Å²) in [6.45, 7) is 3.56. The van der Waals surface area contributed by atoms with E-state index in [2.05, 4.69) is 15.0 Å². The van der Waals surface area contributed by atoms with Crippen LogP contribution in [0.2, 0.25) is 5.02 Å². The second kappa shape index (κ2) is 6.56. The molecule has 2 heterocycles. The van der Waals surface area contributed by atoms with Gasteiger partial charge >= 0.3 is 0 Å². The minimum absolute atomic E-state index is 0.583. The summed E-state index contributed by atoms with van der Waals surface area (Å²) in [6.07, 6.45) is 1.16. The number of rotatable bonds is 5. The van der Waals surface area contributed by atoms with Crippen LogP contribution in [0.3, 0.4) is 0 Å². The maximum Gasteiger partial charge on any atom is 0.241 e. The second-order valence-electron chi connectivity index (χ2n) is 5.37. The summed E-state index contributed by atoms with van der Waals surface area (Å²) in [4.78, 5) is 6.77. The topological polar surface area (TPSA) is 51.4 Å². The zero-order valence-corrected chi connectivity index (χ0v) is 12.7. The molecule has 0 N–H and O–H groups in total. The molecule has 1 aliphatic heterocycles. The van der Waals surface area contributed by atoms with Crippen LogP contribution in [0.4, 0.5) is 0 Å². The van der Waals surface area contributed by atoms with E-state index in [4.69, 9.17) is 20.9 Å². The number of nitrogens with zero attached hydrogens (tertiary/aromatic N) is 3. The van der Waals surface area contributed by atoms with E-state index in [0.29, 0.717) is 29.2 Å². The summed E-state index contributed by atoms with van der Waals surface area (Å²) in [5.74, 6) is 1.83. The van der Waals surface area contributed by atoms with Gasteiger partial charge in [-0.2, -0.15) is 4.98 Å². The standard InChI is InChI=1S/C15H18ClN3O2/c1-20-10-11-5-6-19(8-11)9-14-17-15(18-21-14)12-3-2-4-13(16)7-12/h2-4,7,11H,5-6,8-10H2,1H3. The van der Waals surface area contributed by atoms with E-state index in [0.717, 1.165) is 31.7 Å². The number of halogens is 1. The molecule has 0 amide bonds. The Hall–Kier alpha value is -1.43. The minimum atomic E-state index is 0.583. The van der Waals surface area contributed by atoms with Crippen molar-refractivity contribution in [2.45, 2.75) is 13.0 Å². The number of hydrogen-bond donors (Lipinski definition) is 0.